The highest BCUT2D eigenvalue weighted by atomic mass is 35.5. The van der Waals surface area contributed by atoms with E-state index in [4.69, 9.17) is 21.1 Å². The van der Waals surface area contributed by atoms with Gasteiger partial charge < -0.3 is 20.1 Å². The van der Waals surface area contributed by atoms with E-state index in [2.05, 4.69) is 42.7 Å². The van der Waals surface area contributed by atoms with Crippen LogP contribution in [0, 0.1) is 13.8 Å². The number of hydrogen-bond donors (Lipinski definition) is 2. The summed E-state index contributed by atoms with van der Waals surface area (Å²) < 4.78 is 11.1. The van der Waals surface area contributed by atoms with E-state index in [1.165, 1.54) is 11.1 Å². The van der Waals surface area contributed by atoms with Gasteiger partial charge in [0.25, 0.3) is 5.91 Å². The third-order valence-corrected chi connectivity index (χ3v) is 4.84. The van der Waals surface area contributed by atoms with E-state index < -0.39 is 0 Å². The largest absolute Gasteiger partial charge is 0.493 e. The van der Waals surface area contributed by atoms with Crippen LogP contribution in [0.2, 0.25) is 5.02 Å². The molecule has 5 nitrogen and oxygen atoms in total. The molecule has 0 saturated carbocycles. The Hall–Kier alpha value is -3.18. The third-order valence-electron chi connectivity index (χ3n) is 4.56. The summed E-state index contributed by atoms with van der Waals surface area (Å²) in [7, 11) is 1.55. The van der Waals surface area contributed by atoms with Crippen molar-refractivity contribution in [3.05, 3.63) is 82.4 Å². The van der Waals surface area contributed by atoms with Gasteiger partial charge in [0.05, 0.1) is 12.1 Å². The van der Waals surface area contributed by atoms with Crippen LogP contribution in [0.15, 0.2) is 60.7 Å². The number of ether oxygens (including phenoxy) is 2. The third kappa shape index (κ3) is 5.67. The van der Waals surface area contributed by atoms with E-state index in [0.29, 0.717) is 28.8 Å². The minimum Gasteiger partial charge on any atom is -0.493 e. The summed E-state index contributed by atoms with van der Waals surface area (Å²) in [5.41, 5.74) is 5.11. The number of benzene rings is 3. The van der Waals surface area contributed by atoms with Crippen LogP contribution in [0.4, 0.5) is 11.4 Å². The molecule has 0 heterocycles. The number of halogens is 1. The van der Waals surface area contributed by atoms with Crippen LogP contribution in [0.3, 0.4) is 0 Å². The number of para-hydroxylation sites is 1. The zero-order valence-electron chi connectivity index (χ0n) is 17.3. The van der Waals surface area contributed by atoms with Crippen LogP contribution in [-0.4, -0.2) is 19.6 Å². The summed E-state index contributed by atoms with van der Waals surface area (Å²) >= 11 is 6.43. The maximum Gasteiger partial charge on any atom is 0.262 e. The van der Waals surface area contributed by atoms with Gasteiger partial charge in [0.2, 0.25) is 0 Å². The topological polar surface area (TPSA) is 59.6 Å². The molecule has 6 heteroatoms. The van der Waals surface area contributed by atoms with E-state index in [0.717, 1.165) is 11.3 Å². The van der Waals surface area contributed by atoms with Crippen molar-refractivity contribution >= 4 is 28.9 Å². The number of amides is 1. The zero-order chi connectivity index (χ0) is 21.5. The molecule has 0 aliphatic heterocycles. The first kappa shape index (κ1) is 21.5. The van der Waals surface area contributed by atoms with Crippen LogP contribution in [-0.2, 0) is 11.3 Å². The highest BCUT2D eigenvalue weighted by Crippen LogP contribution is 2.36. The van der Waals surface area contributed by atoms with Crippen molar-refractivity contribution in [3.8, 4) is 11.5 Å². The number of rotatable bonds is 8. The first-order chi connectivity index (χ1) is 14.5. The second-order valence-corrected chi connectivity index (χ2v) is 7.39. The average molecular weight is 425 g/mol. The summed E-state index contributed by atoms with van der Waals surface area (Å²) in [6.07, 6.45) is 0. The van der Waals surface area contributed by atoms with Gasteiger partial charge in [0.15, 0.2) is 18.1 Å². The van der Waals surface area contributed by atoms with Crippen LogP contribution < -0.4 is 20.1 Å². The van der Waals surface area contributed by atoms with E-state index in [9.17, 15) is 4.79 Å². The summed E-state index contributed by atoms with van der Waals surface area (Å²) in [6.45, 7) is 4.54. The fourth-order valence-corrected chi connectivity index (χ4v) is 3.37. The molecular weight excluding hydrogens is 400 g/mol. The van der Waals surface area contributed by atoms with Crippen molar-refractivity contribution in [1.29, 1.82) is 0 Å². The van der Waals surface area contributed by atoms with Crippen molar-refractivity contribution in [2.75, 3.05) is 24.4 Å². The monoisotopic (exact) mass is 424 g/mol. The van der Waals surface area contributed by atoms with Crippen LogP contribution in [0.25, 0.3) is 0 Å². The standard InChI is InChI=1S/C24H25ClN2O3/c1-16-9-10-21(17(2)11-16)26-14-18-12-20(25)24(22(13-18)29-3)30-15-23(28)27-19-7-5-4-6-8-19/h4-13,26H,14-15H2,1-3H3,(H,27,28). The van der Waals surface area contributed by atoms with Crippen molar-refractivity contribution in [1.82, 2.24) is 0 Å². The lowest BCUT2D eigenvalue weighted by Gasteiger charge is -2.15. The molecule has 0 aliphatic rings. The molecule has 0 atom stereocenters. The van der Waals surface area contributed by atoms with Gasteiger partial charge in [-0.15, -0.1) is 0 Å². The van der Waals surface area contributed by atoms with Gasteiger partial charge in [-0.05, 0) is 55.3 Å². The second-order valence-electron chi connectivity index (χ2n) is 6.98. The minimum atomic E-state index is -0.278. The summed E-state index contributed by atoms with van der Waals surface area (Å²) in [5.74, 6) is 0.546. The van der Waals surface area contributed by atoms with Gasteiger partial charge in [0, 0.05) is 17.9 Å². The minimum absolute atomic E-state index is 0.175. The second kappa shape index (κ2) is 10.0. The maximum atomic E-state index is 12.1. The Morgan fingerprint density at radius 3 is 2.50 bits per heavy atom. The maximum absolute atomic E-state index is 12.1. The number of carbonyl (C=O) groups is 1. The molecule has 3 aromatic rings. The number of methoxy groups -OCH3 is 1. The molecule has 0 spiro atoms. The lowest BCUT2D eigenvalue weighted by Crippen LogP contribution is -2.20. The quantitative estimate of drug-likeness (QED) is 0.494. The van der Waals surface area contributed by atoms with Gasteiger partial charge in [-0.2, -0.15) is 0 Å². The van der Waals surface area contributed by atoms with Gasteiger partial charge in [-0.3, -0.25) is 4.79 Å². The summed E-state index contributed by atoms with van der Waals surface area (Å²) in [6, 6.07) is 19.1. The predicted molar refractivity (Wildman–Crippen MR) is 122 cm³/mol. The lowest BCUT2D eigenvalue weighted by atomic mass is 10.1. The molecule has 0 aromatic heterocycles. The molecule has 0 aliphatic carbocycles. The van der Waals surface area contributed by atoms with Crippen molar-refractivity contribution in [3.63, 3.8) is 0 Å². The Morgan fingerprint density at radius 1 is 1.03 bits per heavy atom. The van der Waals surface area contributed by atoms with Crippen LogP contribution >= 0.6 is 11.6 Å². The van der Waals surface area contributed by atoms with E-state index in [-0.39, 0.29) is 12.5 Å². The number of anilines is 2. The Morgan fingerprint density at radius 2 is 1.80 bits per heavy atom. The van der Waals surface area contributed by atoms with E-state index in [1.54, 1.807) is 7.11 Å². The summed E-state index contributed by atoms with van der Waals surface area (Å²) in [4.78, 5) is 12.1. The molecule has 0 saturated heterocycles. The number of hydrogen-bond acceptors (Lipinski definition) is 4. The first-order valence-electron chi connectivity index (χ1n) is 9.61. The van der Waals surface area contributed by atoms with E-state index in [1.807, 2.05) is 42.5 Å². The van der Waals surface area contributed by atoms with Crippen molar-refractivity contribution in [2.45, 2.75) is 20.4 Å². The molecule has 0 radical (unpaired) electrons. The molecule has 156 valence electrons. The van der Waals surface area contributed by atoms with Gasteiger partial charge in [-0.1, -0.05) is 47.5 Å². The number of nitrogens with one attached hydrogen (secondary N) is 2. The zero-order valence-corrected chi connectivity index (χ0v) is 18.0. The Balaban J connectivity index is 1.65. The first-order valence-corrected chi connectivity index (χ1v) is 9.99. The molecule has 3 aromatic carbocycles. The SMILES string of the molecule is COc1cc(CNc2ccc(C)cc2C)cc(Cl)c1OCC(=O)Nc1ccccc1. The predicted octanol–water partition coefficient (Wildman–Crippen LogP) is 5.60. The number of aryl methyl sites for hydroxylation is 2. The Bertz CT molecular complexity index is 1020. The van der Waals surface area contributed by atoms with Gasteiger partial charge in [0.1, 0.15) is 0 Å². The molecule has 0 fully saturated rings. The molecule has 1 amide bonds. The molecular formula is C24H25ClN2O3. The molecule has 3 rings (SSSR count). The fraction of sp³-hybridized carbons (Fsp3) is 0.208. The smallest absolute Gasteiger partial charge is 0.262 e. The van der Waals surface area contributed by atoms with Crippen molar-refractivity contribution in [2.24, 2.45) is 0 Å². The molecule has 0 bridgehead atoms. The molecule has 2 N–H and O–H groups in total. The average Bonchev–Trinajstić information content (AvgIpc) is 2.72. The summed E-state index contributed by atoms with van der Waals surface area (Å²) in [5, 5.41) is 6.57. The highest BCUT2D eigenvalue weighted by molar-refractivity contribution is 6.32. The Labute approximate surface area is 182 Å². The van der Waals surface area contributed by atoms with Gasteiger partial charge in [-0.25, -0.2) is 0 Å². The highest BCUT2D eigenvalue weighted by Gasteiger charge is 2.14. The lowest BCUT2D eigenvalue weighted by molar-refractivity contribution is -0.118. The number of carbonyl (C=O) groups excluding carboxylic acids is 1. The molecule has 0 unspecified atom stereocenters. The normalized spacial score (nSPS) is 10.4. The molecule has 30 heavy (non-hydrogen) atoms. The van der Waals surface area contributed by atoms with E-state index >= 15 is 0 Å². The van der Waals surface area contributed by atoms with Crippen molar-refractivity contribution < 1.29 is 14.3 Å². The van der Waals surface area contributed by atoms with Crippen LogP contribution in [0.5, 0.6) is 11.5 Å². The van der Waals surface area contributed by atoms with Gasteiger partial charge >= 0.3 is 0 Å². The fourth-order valence-electron chi connectivity index (χ4n) is 3.08. The Kier molecular flexibility index (Phi) is 7.20. The van der Waals surface area contributed by atoms with Crippen LogP contribution in [0.1, 0.15) is 16.7 Å².